The maximum Gasteiger partial charge on any atom is 0.0235 e. The maximum absolute atomic E-state index is 2.49. The second-order valence-electron chi connectivity index (χ2n) is 4.72. The van der Waals surface area contributed by atoms with Gasteiger partial charge in [0.1, 0.15) is 0 Å². The standard InChI is InChI=1S/C13H23IN2/c1-5-13(11-7-6-8-12(11)14)16(4)10-9-15(2)3/h6-8,11,13H,5,9-10H2,1-4H3/t11?,13-/m0/s1. The Balaban J connectivity index is 2.53. The normalized spacial score (nSPS) is 21.9. The molecule has 2 nitrogen and oxygen atoms in total. The highest BCUT2D eigenvalue weighted by molar-refractivity contribution is 14.1. The van der Waals surface area contributed by atoms with Gasteiger partial charge >= 0.3 is 0 Å². The first-order chi connectivity index (χ1) is 7.56. The van der Waals surface area contributed by atoms with E-state index in [1.807, 2.05) is 0 Å². The van der Waals surface area contributed by atoms with Crippen LogP contribution in [0.15, 0.2) is 21.8 Å². The van der Waals surface area contributed by atoms with E-state index in [9.17, 15) is 0 Å². The van der Waals surface area contributed by atoms with Crippen LogP contribution in [0.4, 0.5) is 0 Å². The number of allylic oxidation sites excluding steroid dienone is 2. The molecule has 16 heavy (non-hydrogen) atoms. The number of nitrogens with zero attached hydrogens (tertiary/aromatic N) is 2. The van der Waals surface area contributed by atoms with Crippen molar-refractivity contribution in [1.82, 2.24) is 9.80 Å². The zero-order valence-electron chi connectivity index (χ0n) is 10.8. The molecule has 1 aliphatic carbocycles. The Kier molecular flexibility index (Phi) is 6.00. The monoisotopic (exact) mass is 334 g/mol. The van der Waals surface area contributed by atoms with E-state index in [2.05, 4.69) is 78.7 Å². The van der Waals surface area contributed by atoms with Gasteiger partial charge in [0.2, 0.25) is 0 Å². The minimum Gasteiger partial charge on any atom is -0.308 e. The van der Waals surface area contributed by atoms with Crippen molar-refractivity contribution in [3.63, 3.8) is 0 Å². The third kappa shape index (κ3) is 3.86. The van der Waals surface area contributed by atoms with Crippen LogP contribution in [-0.4, -0.2) is 50.1 Å². The first-order valence-corrected chi connectivity index (χ1v) is 7.03. The number of rotatable bonds is 6. The fraction of sp³-hybridized carbons (Fsp3) is 0.692. The van der Waals surface area contributed by atoms with E-state index >= 15 is 0 Å². The van der Waals surface area contributed by atoms with E-state index in [0.29, 0.717) is 12.0 Å². The van der Waals surface area contributed by atoms with E-state index in [4.69, 9.17) is 0 Å². The molecule has 0 bridgehead atoms. The summed E-state index contributed by atoms with van der Waals surface area (Å²) in [5, 5.41) is 0. The van der Waals surface area contributed by atoms with Crippen LogP contribution < -0.4 is 0 Å². The van der Waals surface area contributed by atoms with Crippen molar-refractivity contribution in [2.24, 2.45) is 5.92 Å². The largest absolute Gasteiger partial charge is 0.308 e. The lowest BCUT2D eigenvalue weighted by molar-refractivity contribution is 0.191. The van der Waals surface area contributed by atoms with Gasteiger partial charge in [-0.1, -0.05) is 25.2 Å². The minimum absolute atomic E-state index is 0.609. The Hall–Kier alpha value is 0.130. The lowest BCUT2D eigenvalue weighted by atomic mass is 9.98. The van der Waals surface area contributed by atoms with Crippen LogP contribution in [0.25, 0.3) is 0 Å². The third-order valence-corrected chi connectivity index (χ3v) is 4.27. The predicted octanol–water partition coefficient (Wildman–Crippen LogP) is 2.76. The van der Waals surface area contributed by atoms with Crippen LogP contribution in [0.2, 0.25) is 0 Å². The molecule has 0 heterocycles. The van der Waals surface area contributed by atoms with E-state index in [1.54, 1.807) is 0 Å². The summed E-state index contributed by atoms with van der Waals surface area (Å²) in [5.74, 6) is 0.609. The van der Waals surface area contributed by atoms with E-state index < -0.39 is 0 Å². The van der Waals surface area contributed by atoms with Crippen LogP contribution in [0.5, 0.6) is 0 Å². The van der Waals surface area contributed by atoms with E-state index in [-0.39, 0.29) is 0 Å². The Morgan fingerprint density at radius 3 is 2.44 bits per heavy atom. The minimum atomic E-state index is 0.609. The van der Waals surface area contributed by atoms with Gasteiger partial charge in [-0.3, -0.25) is 0 Å². The SMILES string of the molecule is CC[C@@H](C1C=CC=C1I)N(C)CCN(C)C. The molecule has 2 atom stereocenters. The highest BCUT2D eigenvalue weighted by atomic mass is 127. The molecule has 0 saturated carbocycles. The molecule has 1 unspecified atom stereocenters. The summed E-state index contributed by atoms with van der Waals surface area (Å²) in [4.78, 5) is 4.74. The summed E-state index contributed by atoms with van der Waals surface area (Å²) in [6.45, 7) is 4.55. The molecule has 0 amide bonds. The molecule has 0 radical (unpaired) electrons. The molecule has 92 valence electrons. The first-order valence-electron chi connectivity index (χ1n) is 5.95. The van der Waals surface area contributed by atoms with Gasteiger partial charge in [-0.2, -0.15) is 0 Å². The Bertz CT molecular complexity index is 271. The number of hydrogen-bond donors (Lipinski definition) is 0. The van der Waals surface area contributed by atoms with Crippen LogP contribution >= 0.6 is 22.6 Å². The molecule has 0 aromatic carbocycles. The van der Waals surface area contributed by atoms with Crippen molar-refractivity contribution < 1.29 is 0 Å². The molecule has 0 aromatic heterocycles. The van der Waals surface area contributed by atoms with Gasteiger partial charge in [-0.15, -0.1) is 0 Å². The summed E-state index contributed by atoms with van der Waals surface area (Å²) in [7, 11) is 6.51. The first kappa shape index (κ1) is 14.2. The topological polar surface area (TPSA) is 6.48 Å². The van der Waals surface area contributed by atoms with Crippen LogP contribution in [0.1, 0.15) is 13.3 Å². The highest BCUT2D eigenvalue weighted by Crippen LogP contribution is 2.31. The summed E-state index contributed by atoms with van der Waals surface area (Å²) >= 11 is 2.47. The molecule has 0 fully saturated rings. The van der Waals surface area contributed by atoms with Crippen LogP contribution in [-0.2, 0) is 0 Å². The van der Waals surface area contributed by atoms with Gasteiger partial charge in [0.05, 0.1) is 0 Å². The number of hydrogen-bond acceptors (Lipinski definition) is 2. The lowest BCUT2D eigenvalue weighted by Gasteiger charge is -2.32. The second-order valence-corrected chi connectivity index (χ2v) is 5.97. The average molecular weight is 334 g/mol. The van der Waals surface area contributed by atoms with Crippen molar-refractivity contribution in [1.29, 1.82) is 0 Å². The van der Waals surface area contributed by atoms with E-state index in [0.717, 1.165) is 13.1 Å². The van der Waals surface area contributed by atoms with Gasteiger partial charge in [0.15, 0.2) is 0 Å². The van der Waals surface area contributed by atoms with Crippen molar-refractivity contribution in [3.8, 4) is 0 Å². The zero-order chi connectivity index (χ0) is 12.1. The van der Waals surface area contributed by atoms with Gasteiger partial charge in [0.25, 0.3) is 0 Å². The van der Waals surface area contributed by atoms with Crippen LogP contribution in [0.3, 0.4) is 0 Å². The van der Waals surface area contributed by atoms with E-state index in [1.165, 1.54) is 10.0 Å². The highest BCUT2D eigenvalue weighted by Gasteiger charge is 2.25. The Morgan fingerprint density at radius 1 is 1.31 bits per heavy atom. The summed E-state index contributed by atoms with van der Waals surface area (Å²) in [6, 6.07) is 0.641. The molecule has 1 rings (SSSR count). The summed E-state index contributed by atoms with van der Waals surface area (Å²) in [6.07, 6.45) is 7.96. The van der Waals surface area contributed by atoms with Crippen LogP contribution in [0, 0.1) is 5.92 Å². The maximum atomic E-state index is 2.49. The predicted molar refractivity (Wildman–Crippen MR) is 80.0 cm³/mol. The smallest absolute Gasteiger partial charge is 0.0235 e. The Morgan fingerprint density at radius 2 is 2.00 bits per heavy atom. The third-order valence-electron chi connectivity index (χ3n) is 3.19. The van der Waals surface area contributed by atoms with Crippen molar-refractivity contribution >= 4 is 22.6 Å². The molecule has 0 saturated heterocycles. The summed E-state index contributed by atoms with van der Waals surface area (Å²) < 4.78 is 1.47. The number of halogens is 1. The molecular weight excluding hydrogens is 311 g/mol. The fourth-order valence-electron chi connectivity index (χ4n) is 2.15. The molecule has 0 N–H and O–H groups in total. The zero-order valence-corrected chi connectivity index (χ0v) is 12.9. The van der Waals surface area contributed by atoms with Crippen molar-refractivity contribution in [3.05, 3.63) is 21.8 Å². The molecule has 0 aromatic rings. The molecule has 1 aliphatic rings. The van der Waals surface area contributed by atoms with Gasteiger partial charge in [-0.05, 0) is 53.7 Å². The van der Waals surface area contributed by atoms with Crippen molar-refractivity contribution in [2.75, 3.05) is 34.2 Å². The molecular formula is C13H23IN2. The lowest BCUT2D eigenvalue weighted by Crippen LogP contribution is -2.40. The average Bonchev–Trinajstić information content (AvgIpc) is 2.63. The summed E-state index contributed by atoms with van der Waals surface area (Å²) in [5.41, 5.74) is 0. The quantitative estimate of drug-likeness (QED) is 0.689. The van der Waals surface area contributed by atoms with Crippen molar-refractivity contribution in [2.45, 2.75) is 19.4 Å². The molecule has 3 heteroatoms. The fourth-order valence-corrected chi connectivity index (χ4v) is 2.98. The van der Waals surface area contributed by atoms with Gasteiger partial charge in [0, 0.05) is 25.0 Å². The van der Waals surface area contributed by atoms with Gasteiger partial charge in [-0.25, -0.2) is 0 Å². The van der Waals surface area contributed by atoms with Gasteiger partial charge < -0.3 is 9.80 Å². The molecule has 0 aliphatic heterocycles. The second kappa shape index (κ2) is 6.77. The molecule has 0 spiro atoms. The number of likely N-dealkylation sites (N-methyl/N-ethyl adjacent to an activating group) is 2. The Labute approximate surface area is 114 Å².